The molecule has 0 atom stereocenters. The number of oxime groups is 1. The zero-order chi connectivity index (χ0) is 10.1. The minimum atomic E-state index is -4.64. The Morgan fingerprint density at radius 2 is 2.15 bits per heavy atom. The molecule has 0 aromatic carbocycles. The number of nitrogens with zero attached hydrogens (tertiary/aromatic N) is 2. The van der Waals surface area contributed by atoms with Crippen LogP contribution in [0.25, 0.3) is 0 Å². The molecule has 0 fully saturated rings. The van der Waals surface area contributed by atoms with Crippen molar-refractivity contribution in [2.24, 2.45) is 12.2 Å². The average molecular weight is 192 g/mol. The average Bonchev–Trinajstić information content (AvgIpc) is 2.35. The van der Waals surface area contributed by atoms with Gasteiger partial charge in [-0.25, -0.2) is 0 Å². The Kier molecular flexibility index (Phi) is 2.31. The van der Waals surface area contributed by atoms with Crippen molar-refractivity contribution in [2.45, 2.75) is 6.18 Å². The second-order valence-corrected chi connectivity index (χ2v) is 2.45. The lowest BCUT2D eigenvalue weighted by Gasteiger charge is -2.08. The van der Waals surface area contributed by atoms with Gasteiger partial charge >= 0.3 is 6.18 Å². The van der Waals surface area contributed by atoms with Crippen LogP contribution in [0.15, 0.2) is 23.5 Å². The van der Waals surface area contributed by atoms with Crippen molar-refractivity contribution in [3.05, 3.63) is 24.0 Å². The maximum atomic E-state index is 12.2. The molecule has 0 saturated heterocycles. The van der Waals surface area contributed by atoms with Gasteiger partial charge in [0.2, 0.25) is 5.71 Å². The molecule has 0 unspecified atom stereocenters. The smallest absolute Gasteiger partial charge is 0.410 e. The first kappa shape index (κ1) is 9.63. The van der Waals surface area contributed by atoms with E-state index in [4.69, 9.17) is 5.21 Å². The minimum absolute atomic E-state index is 0.171. The van der Waals surface area contributed by atoms with Crippen LogP contribution in [0.5, 0.6) is 0 Å². The number of hydrogen-bond acceptors (Lipinski definition) is 2. The summed E-state index contributed by atoms with van der Waals surface area (Å²) < 4.78 is 37.7. The first-order valence-corrected chi connectivity index (χ1v) is 3.37. The lowest BCUT2D eigenvalue weighted by atomic mass is 10.2. The summed E-state index contributed by atoms with van der Waals surface area (Å²) in [4.78, 5) is 0. The van der Waals surface area contributed by atoms with E-state index in [1.807, 2.05) is 0 Å². The topological polar surface area (TPSA) is 37.5 Å². The number of halogens is 3. The highest BCUT2D eigenvalue weighted by molar-refractivity contribution is 6.03. The highest BCUT2D eigenvalue weighted by Gasteiger charge is 2.38. The van der Waals surface area contributed by atoms with Gasteiger partial charge in [0.05, 0.1) is 5.69 Å². The van der Waals surface area contributed by atoms with Crippen molar-refractivity contribution >= 4 is 5.71 Å². The van der Waals surface area contributed by atoms with Crippen molar-refractivity contribution in [1.82, 2.24) is 4.57 Å². The summed E-state index contributed by atoms with van der Waals surface area (Å²) in [5.74, 6) is 0. The van der Waals surface area contributed by atoms with Gasteiger partial charge in [-0.15, -0.1) is 0 Å². The fourth-order valence-electron chi connectivity index (χ4n) is 0.960. The molecule has 3 nitrogen and oxygen atoms in total. The second kappa shape index (κ2) is 3.12. The molecule has 1 aromatic rings. The Morgan fingerprint density at radius 1 is 1.54 bits per heavy atom. The van der Waals surface area contributed by atoms with Gasteiger partial charge in [-0.3, -0.25) is 0 Å². The van der Waals surface area contributed by atoms with Crippen LogP contribution >= 0.6 is 0 Å². The van der Waals surface area contributed by atoms with Crippen LogP contribution in [0.1, 0.15) is 5.69 Å². The van der Waals surface area contributed by atoms with Gasteiger partial charge < -0.3 is 9.77 Å². The molecule has 0 aliphatic carbocycles. The third-order valence-corrected chi connectivity index (χ3v) is 1.55. The molecule has 0 radical (unpaired) electrons. The molecule has 6 heteroatoms. The first-order chi connectivity index (χ1) is 5.96. The molecule has 0 aliphatic heterocycles. The number of rotatable bonds is 1. The van der Waals surface area contributed by atoms with Crippen LogP contribution < -0.4 is 0 Å². The molecule has 0 amide bonds. The lowest BCUT2D eigenvalue weighted by Crippen LogP contribution is -2.26. The number of hydrogen-bond donors (Lipinski definition) is 1. The largest absolute Gasteiger partial charge is 0.438 e. The van der Waals surface area contributed by atoms with Gasteiger partial charge in [0.15, 0.2) is 0 Å². The number of alkyl halides is 3. The van der Waals surface area contributed by atoms with E-state index in [-0.39, 0.29) is 5.69 Å². The molecule has 0 aliphatic rings. The quantitative estimate of drug-likeness (QED) is 0.411. The van der Waals surface area contributed by atoms with Crippen LogP contribution in [0.2, 0.25) is 0 Å². The molecule has 1 aromatic heterocycles. The minimum Gasteiger partial charge on any atom is -0.410 e. The van der Waals surface area contributed by atoms with E-state index < -0.39 is 11.9 Å². The predicted octanol–water partition coefficient (Wildman–Crippen LogP) is 1.77. The maximum Gasteiger partial charge on any atom is 0.438 e. The summed E-state index contributed by atoms with van der Waals surface area (Å²) in [6.45, 7) is 0. The van der Waals surface area contributed by atoms with E-state index >= 15 is 0 Å². The third-order valence-electron chi connectivity index (χ3n) is 1.55. The molecule has 1 N–H and O–H groups in total. The maximum absolute atomic E-state index is 12.2. The summed E-state index contributed by atoms with van der Waals surface area (Å²) >= 11 is 0. The Morgan fingerprint density at radius 3 is 2.46 bits per heavy atom. The molecule has 72 valence electrons. The zero-order valence-corrected chi connectivity index (χ0v) is 6.71. The van der Waals surface area contributed by atoms with Crippen molar-refractivity contribution in [2.75, 3.05) is 0 Å². The predicted molar refractivity (Wildman–Crippen MR) is 39.8 cm³/mol. The van der Waals surface area contributed by atoms with Crippen molar-refractivity contribution in [3.8, 4) is 0 Å². The van der Waals surface area contributed by atoms with Gasteiger partial charge in [0, 0.05) is 13.2 Å². The highest BCUT2D eigenvalue weighted by Crippen LogP contribution is 2.22. The van der Waals surface area contributed by atoms with E-state index in [0.717, 1.165) is 0 Å². The second-order valence-electron chi connectivity index (χ2n) is 2.45. The van der Waals surface area contributed by atoms with Crippen molar-refractivity contribution < 1.29 is 18.4 Å². The summed E-state index contributed by atoms with van der Waals surface area (Å²) in [6.07, 6.45) is -3.20. The van der Waals surface area contributed by atoms with Gasteiger partial charge in [0.1, 0.15) is 0 Å². The molecule has 1 heterocycles. The van der Waals surface area contributed by atoms with Gasteiger partial charge in [-0.1, -0.05) is 5.16 Å². The molecular formula is C7H7F3N2O. The Labute approximate surface area is 72.1 Å². The fourth-order valence-corrected chi connectivity index (χ4v) is 0.960. The van der Waals surface area contributed by atoms with Crippen LogP contribution in [-0.4, -0.2) is 21.7 Å². The molecule has 0 bridgehead atoms. The first-order valence-electron chi connectivity index (χ1n) is 3.37. The van der Waals surface area contributed by atoms with Crippen molar-refractivity contribution in [3.63, 3.8) is 0 Å². The Hall–Kier alpha value is -1.46. The van der Waals surface area contributed by atoms with Crippen LogP contribution in [0, 0.1) is 0 Å². The number of aromatic nitrogens is 1. The van der Waals surface area contributed by atoms with E-state index in [2.05, 4.69) is 5.16 Å². The van der Waals surface area contributed by atoms with Crippen LogP contribution in [-0.2, 0) is 7.05 Å². The van der Waals surface area contributed by atoms with Gasteiger partial charge in [-0.05, 0) is 12.1 Å². The van der Waals surface area contributed by atoms with Crippen molar-refractivity contribution in [1.29, 1.82) is 0 Å². The molecule has 1 rings (SSSR count). The Bertz CT molecular complexity index is 327. The van der Waals surface area contributed by atoms with E-state index in [1.54, 1.807) is 0 Å². The summed E-state index contributed by atoms with van der Waals surface area (Å²) in [5, 5.41) is 10.4. The third kappa shape index (κ3) is 1.82. The Balaban J connectivity index is 3.14. The van der Waals surface area contributed by atoms with E-state index in [1.165, 1.54) is 29.9 Å². The normalized spacial score (nSPS) is 13.4. The molecular weight excluding hydrogens is 185 g/mol. The van der Waals surface area contributed by atoms with E-state index in [0.29, 0.717) is 0 Å². The van der Waals surface area contributed by atoms with Crippen LogP contribution in [0.3, 0.4) is 0 Å². The van der Waals surface area contributed by atoms with Gasteiger partial charge in [0.25, 0.3) is 0 Å². The highest BCUT2D eigenvalue weighted by atomic mass is 19.4. The summed E-state index contributed by atoms with van der Waals surface area (Å²) in [7, 11) is 1.44. The van der Waals surface area contributed by atoms with E-state index in [9.17, 15) is 13.2 Å². The zero-order valence-electron chi connectivity index (χ0n) is 6.71. The molecule has 13 heavy (non-hydrogen) atoms. The number of aryl methyl sites for hydroxylation is 1. The fraction of sp³-hybridized carbons (Fsp3) is 0.286. The standard InChI is InChI=1S/C7H7F3N2O/c1-12-4-2-3-5(12)6(11-13)7(8,9)10/h2-4,13H,1H3/b11-6-. The lowest BCUT2D eigenvalue weighted by molar-refractivity contribution is -0.0604. The van der Waals surface area contributed by atoms with Crippen LogP contribution in [0.4, 0.5) is 13.2 Å². The SMILES string of the molecule is Cn1cccc1/C(=N/O)C(F)(F)F. The molecule has 0 spiro atoms. The summed E-state index contributed by atoms with van der Waals surface area (Å²) in [5.41, 5.74) is -1.46. The van der Waals surface area contributed by atoms with Gasteiger partial charge in [-0.2, -0.15) is 13.2 Å². The summed E-state index contributed by atoms with van der Waals surface area (Å²) in [6, 6.07) is 2.66. The molecule has 0 saturated carbocycles. The monoisotopic (exact) mass is 192 g/mol.